The molecule has 2 fully saturated rings. The molecule has 0 spiro atoms. The van der Waals surface area contributed by atoms with E-state index in [2.05, 4.69) is 17.1 Å². The number of hydrogen-bond acceptors (Lipinski definition) is 6. The Hall–Kier alpha value is -0.950. The van der Waals surface area contributed by atoms with E-state index in [0.29, 0.717) is 30.5 Å². The molecule has 0 radical (unpaired) electrons. The summed E-state index contributed by atoms with van der Waals surface area (Å²) in [7, 11) is -3.47. The Morgan fingerprint density at radius 2 is 1.87 bits per heavy atom. The molecule has 0 bridgehead atoms. The Kier molecular flexibility index (Phi) is 4.78. The summed E-state index contributed by atoms with van der Waals surface area (Å²) < 4.78 is 29.9. The molecule has 0 aliphatic heterocycles. The van der Waals surface area contributed by atoms with Gasteiger partial charge in [-0.3, -0.25) is 0 Å². The van der Waals surface area contributed by atoms with Crippen molar-refractivity contribution in [1.82, 2.24) is 10.1 Å². The first-order chi connectivity index (χ1) is 10.9. The van der Waals surface area contributed by atoms with E-state index in [0.717, 1.165) is 38.5 Å². The van der Waals surface area contributed by atoms with Crippen LogP contribution in [0.2, 0.25) is 0 Å². The summed E-state index contributed by atoms with van der Waals surface area (Å²) in [6.07, 6.45) is 7.26. The molecule has 0 unspecified atom stereocenters. The van der Waals surface area contributed by atoms with Crippen molar-refractivity contribution in [2.45, 2.75) is 75.6 Å². The van der Waals surface area contributed by atoms with E-state index in [1.165, 1.54) is 0 Å². The van der Waals surface area contributed by atoms with Crippen LogP contribution in [0.4, 0.5) is 0 Å². The first-order valence-electron chi connectivity index (χ1n) is 8.61. The molecular weight excluding hydrogens is 316 g/mol. The van der Waals surface area contributed by atoms with Crippen molar-refractivity contribution in [3.8, 4) is 0 Å². The molecule has 2 aliphatic rings. The highest BCUT2D eigenvalue weighted by Gasteiger charge is 2.37. The second-order valence-electron chi connectivity index (χ2n) is 7.47. The maximum atomic E-state index is 12.4. The van der Waals surface area contributed by atoms with Gasteiger partial charge in [0.05, 0.1) is 11.4 Å². The molecule has 23 heavy (non-hydrogen) atoms. The van der Waals surface area contributed by atoms with Crippen LogP contribution in [0.25, 0.3) is 0 Å². The third-order valence-electron chi connectivity index (χ3n) is 5.24. The van der Waals surface area contributed by atoms with Gasteiger partial charge in [0.2, 0.25) is 5.89 Å². The molecule has 6 nitrogen and oxygen atoms in total. The summed E-state index contributed by atoms with van der Waals surface area (Å²) in [6.45, 7) is 2.14. The van der Waals surface area contributed by atoms with Crippen molar-refractivity contribution >= 4 is 9.84 Å². The number of rotatable bonds is 5. The number of hydrogen-bond donors (Lipinski definition) is 1. The van der Waals surface area contributed by atoms with Gasteiger partial charge in [0.1, 0.15) is 5.75 Å². The monoisotopic (exact) mass is 342 g/mol. The van der Waals surface area contributed by atoms with Crippen LogP contribution in [0.15, 0.2) is 4.52 Å². The van der Waals surface area contributed by atoms with Crippen molar-refractivity contribution in [3.05, 3.63) is 11.7 Å². The molecule has 130 valence electrons. The first-order valence-corrected chi connectivity index (χ1v) is 10.4. The van der Waals surface area contributed by atoms with Gasteiger partial charge in [0.15, 0.2) is 15.7 Å². The minimum absolute atomic E-state index is 0.152. The molecule has 0 saturated heterocycles. The predicted molar refractivity (Wildman–Crippen MR) is 85.6 cm³/mol. The molecule has 1 heterocycles. The topological polar surface area (TPSA) is 93.3 Å². The Morgan fingerprint density at radius 3 is 2.52 bits per heavy atom. The second-order valence-corrected chi connectivity index (χ2v) is 9.53. The highest BCUT2D eigenvalue weighted by Crippen LogP contribution is 2.34. The zero-order valence-electron chi connectivity index (χ0n) is 13.7. The molecular formula is C16H26N2O4S. The summed E-state index contributed by atoms with van der Waals surface area (Å²) in [6, 6.07) is 0. The summed E-state index contributed by atoms with van der Waals surface area (Å²) in [5.74, 6) is 1.16. The van der Waals surface area contributed by atoms with E-state index < -0.39 is 15.4 Å². The van der Waals surface area contributed by atoms with Crippen LogP contribution >= 0.6 is 0 Å². The average molecular weight is 342 g/mol. The summed E-state index contributed by atoms with van der Waals surface area (Å²) in [5, 5.41) is 14.5. The standard InChI is InChI=1S/C16H26N2O4S/c1-12-6-8-16(19,9-7-12)11-23(20,21)10-14-17-15(18-22-14)13-4-2-3-5-13/h12-13,19H,2-11H2,1H3. The van der Waals surface area contributed by atoms with Gasteiger partial charge in [0, 0.05) is 5.92 Å². The predicted octanol–water partition coefficient (Wildman–Crippen LogP) is 2.58. The highest BCUT2D eigenvalue weighted by atomic mass is 32.2. The fourth-order valence-corrected chi connectivity index (χ4v) is 5.47. The van der Waals surface area contributed by atoms with Gasteiger partial charge < -0.3 is 9.63 Å². The maximum absolute atomic E-state index is 12.4. The van der Waals surface area contributed by atoms with Crippen LogP contribution in [0.5, 0.6) is 0 Å². The van der Waals surface area contributed by atoms with Crippen LogP contribution in [0.1, 0.15) is 75.9 Å². The number of aromatic nitrogens is 2. The normalized spacial score (nSPS) is 29.9. The van der Waals surface area contributed by atoms with E-state index in [9.17, 15) is 13.5 Å². The lowest BCUT2D eigenvalue weighted by Crippen LogP contribution is -2.40. The molecule has 1 N–H and O–H groups in total. The van der Waals surface area contributed by atoms with Crippen LogP contribution in [-0.4, -0.2) is 35.0 Å². The van der Waals surface area contributed by atoms with Gasteiger partial charge in [-0.15, -0.1) is 0 Å². The van der Waals surface area contributed by atoms with Crippen molar-refractivity contribution in [3.63, 3.8) is 0 Å². The first kappa shape index (κ1) is 16.9. The lowest BCUT2D eigenvalue weighted by molar-refractivity contribution is 0.0135. The molecule has 1 aromatic rings. The lowest BCUT2D eigenvalue weighted by Gasteiger charge is -2.34. The van der Waals surface area contributed by atoms with E-state index in [1.54, 1.807) is 0 Å². The smallest absolute Gasteiger partial charge is 0.241 e. The van der Waals surface area contributed by atoms with Gasteiger partial charge in [0.25, 0.3) is 0 Å². The van der Waals surface area contributed by atoms with Crippen LogP contribution in [0.3, 0.4) is 0 Å². The van der Waals surface area contributed by atoms with Crippen LogP contribution in [-0.2, 0) is 15.6 Å². The maximum Gasteiger partial charge on any atom is 0.241 e. The molecule has 1 aromatic heterocycles. The van der Waals surface area contributed by atoms with Crippen molar-refractivity contribution in [1.29, 1.82) is 0 Å². The van der Waals surface area contributed by atoms with E-state index >= 15 is 0 Å². The minimum Gasteiger partial charge on any atom is -0.389 e. The molecule has 2 aliphatic carbocycles. The van der Waals surface area contributed by atoms with Crippen LogP contribution in [0, 0.1) is 5.92 Å². The Balaban J connectivity index is 1.62. The third-order valence-corrected chi connectivity index (χ3v) is 6.91. The number of aliphatic hydroxyl groups is 1. The summed E-state index contributed by atoms with van der Waals surface area (Å²) in [4.78, 5) is 4.27. The minimum atomic E-state index is -3.47. The molecule has 0 atom stereocenters. The van der Waals surface area contributed by atoms with Crippen molar-refractivity contribution in [2.24, 2.45) is 5.92 Å². The SMILES string of the molecule is CC1CCC(O)(CS(=O)(=O)Cc2nc(C3CCCC3)no2)CC1. The van der Waals surface area contributed by atoms with E-state index in [-0.39, 0.29) is 17.4 Å². The van der Waals surface area contributed by atoms with Gasteiger partial charge in [-0.1, -0.05) is 24.9 Å². The summed E-state index contributed by atoms with van der Waals surface area (Å²) >= 11 is 0. The van der Waals surface area contributed by atoms with Gasteiger partial charge in [-0.2, -0.15) is 4.98 Å². The van der Waals surface area contributed by atoms with Crippen LogP contribution < -0.4 is 0 Å². The number of nitrogens with zero attached hydrogens (tertiary/aromatic N) is 2. The van der Waals surface area contributed by atoms with Crippen molar-refractivity contribution in [2.75, 3.05) is 5.75 Å². The molecule has 3 rings (SSSR count). The lowest BCUT2D eigenvalue weighted by atomic mass is 9.81. The highest BCUT2D eigenvalue weighted by molar-refractivity contribution is 7.90. The fraction of sp³-hybridized carbons (Fsp3) is 0.875. The summed E-state index contributed by atoms with van der Waals surface area (Å²) in [5.41, 5.74) is -1.10. The van der Waals surface area contributed by atoms with Crippen molar-refractivity contribution < 1.29 is 18.0 Å². The molecule has 0 amide bonds. The molecule has 2 saturated carbocycles. The fourth-order valence-electron chi connectivity index (χ4n) is 3.77. The zero-order valence-corrected chi connectivity index (χ0v) is 14.5. The van der Waals surface area contributed by atoms with Gasteiger partial charge >= 0.3 is 0 Å². The van der Waals surface area contributed by atoms with Gasteiger partial charge in [-0.05, 0) is 44.4 Å². The average Bonchev–Trinajstić information content (AvgIpc) is 3.12. The van der Waals surface area contributed by atoms with Gasteiger partial charge in [-0.25, -0.2) is 8.42 Å². The number of sulfone groups is 1. The molecule has 0 aromatic carbocycles. The third kappa shape index (κ3) is 4.32. The second kappa shape index (κ2) is 6.51. The largest absolute Gasteiger partial charge is 0.389 e. The van der Waals surface area contributed by atoms with E-state index in [4.69, 9.17) is 4.52 Å². The zero-order chi connectivity index (χ0) is 16.5. The Bertz CT molecular complexity index is 626. The Morgan fingerprint density at radius 1 is 1.22 bits per heavy atom. The quantitative estimate of drug-likeness (QED) is 0.884. The molecule has 7 heteroatoms. The Labute approximate surface area is 137 Å². The van der Waals surface area contributed by atoms with E-state index in [1.807, 2.05) is 0 Å².